The molecule has 0 saturated carbocycles. The first-order valence-electron chi connectivity index (χ1n) is 34.1. The lowest BCUT2D eigenvalue weighted by Gasteiger charge is -2.36. The molecule has 8 aromatic carbocycles. The SMILES string of the molecule is CC(C)Nc1ccc(N(C)C)cc1.CC(C)Nc1cccc2ccccc12.CC(C)Oc1ccc2c(c1)CCC2.CC(C)Oc1cccc2c1CC(C)(C)C2.CC(C)Oc1cccc2ccccc12.CCN1CCN(C(C)C)CC1.COc1cccc(OC(C)C)c1. The number of nitrogens with one attached hydrogen (secondary N) is 2. The summed E-state index contributed by atoms with van der Waals surface area (Å²) in [6.45, 7) is 42.7. The predicted octanol–water partition coefficient (Wildman–Crippen LogP) is 19.9. The molecule has 92 heavy (non-hydrogen) atoms. The van der Waals surface area contributed by atoms with E-state index in [1.165, 1.54) is 119 Å². The summed E-state index contributed by atoms with van der Waals surface area (Å²) in [5.74, 6) is 4.76. The number of likely N-dealkylation sites (N-methyl/N-ethyl adjacent to an activating group) is 1. The van der Waals surface area contributed by atoms with Gasteiger partial charge in [0.2, 0.25) is 0 Å². The molecule has 1 fully saturated rings. The van der Waals surface area contributed by atoms with E-state index in [0.29, 0.717) is 17.5 Å². The standard InChI is InChI=1S/C14H20O.C13H15N.C13H14O.C12H16O.C11H18N2.C10H14O2.C9H20N2/c1-10(2)15-13-7-5-6-11-8-14(3,4)9-12(11)13;2*1-10(2)14-13-9-5-7-11-6-3-4-8-12(11)13;1-9(2)13-12-7-6-10-4-3-5-11(10)8-12;1-9(2)12-10-5-7-11(8-6-10)13(3)4;1-8(2)12-10-6-4-5-9(7-10)11-3;1-4-10-5-7-11(8-6-10)9(2)3/h5-7,10H,8-9H2,1-4H3;3-10,14H,1-2H3;3-10H,1-2H3;6-9H,3-5H2,1-2H3;5-9,12H,1-4H3;4-8H,1-3H3;9H,4-8H2,1-3H3. The molecule has 500 valence electrons. The third-order valence-corrected chi connectivity index (χ3v) is 15.5. The molecule has 0 aromatic heterocycles. The van der Waals surface area contributed by atoms with Gasteiger partial charge in [0.25, 0.3) is 0 Å². The second-order valence-electron chi connectivity index (χ2n) is 27.1. The van der Waals surface area contributed by atoms with Crippen LogP contribution in [0.5, 0.6) is 28.7 Å². The summed E-state index contributed by atoms with van der Waals surface area (Å²) in [6, 6.07) is 59.9. The molecule has 0 amide bonds. The van der Waals surface area contributed by atoms with Crippen LogP contribution in [0.4, 0.5) is 17.1 Å². The van der Waals surface area contributed by atoms with Crippen molar-refractivity contribution in [1.82, 2.24) is 9.80 Å². The number of hydrogen-bond acceptors (Lipinski definition) is 10. The fraction of sp³-hybridized carbons (Fsp3) is 0.463. The third kappa shape index (κ3) is 26.7. The normalized spacial score (nSPS) is 13.8. The number of piperazine rings is 1. The Balaban J connectivity index is 0.000000195. The van der Waals surface area contributed by atoms with Crippen molar-refractivity contribution in [2.75, 3.05) is 69.5 Å². The number of fused-ring (bicyclic) bond motifs is 4. The summed E-state index contributed by atoms with van der Waals surface area (Å²) < 4.78 is 27.8. The van der Waals surface area contributed by atoms with Gasteiger partial charge in [0, 0.05) is 92.3 Å². The maximum atomic E-state index is 5.85. The van der Waals surface area contributed by atoms with Gasteiger partial charge in [-0.15, -0.1) is 0 Å². The maximum absolute atomic E-state index is 5.85. The number of aryl methyl sites for hydroxylation is 2. The van der Waals surface area contributed by atoms with E-state index in [4.69, 9.17) is 23.7 Å². The van der Waals surface area contributed by atoms with Gasteiger partial charge in [0.1, 0.15) is 28.7 Å². The van der Waals surface area contributed by atoms with Crippen molar-refractivity contribution in [3.8, 4) is 28.7 Å². The van der Waals surface area contributed by atoms with Crippen molar-refractivity contribution >= 4 is 38.6 Å². The largest absolute Gasteiger partial charge is 0.497 e. The Kier molecular flexibility index (Phi) is 31.6. The molecular formula is C82H117N5O5. The zero-order valence-corrected chi connectivity index (χ0v) is 60.2. The fourth-order valence-electron chi connectivity index (χ4n) is 11.2. The van der Waals surface area contributed by atoms with Crippen LogP contribution in [-0.4, -0.2) is 106 Å². The highest BCUT2D eigenvalue weighted by atomic mass is 16.5. The first-order chi connectivity index (χ1) is 43.8. The quantitative estimate of drug-likeness (QED) is 0.0977. The number of hydrogen-bond donors (Lipinski definition) is 2. The molecule has 10 nitrogen and oxygen atoms in total. The van der Waals surface area contributed by atoms with Gasteiger partial charge in [-0.05, 0) is 241 Å². The van der Waals surface area contributed by atoms with Crippen molar-refractivity contribution in [1.29, 1.82) is 0 Å². The van der Waals surface area contributed by atoms with Crippen molar-refractivity contribution in [3.05, 3.63) is 192 Å². The lowest BCUT2D eigenvalue weighted by Crippen LogP contribution is -2.48. The average molecular weight is 1250 g/mol. The Morgan fingerprint density at radius 1 is 0.467 bits per heavy atom. The van der Waals surface area contributed by atoms with E-state index < -0.39 is 0 Å². The highest BCUT2D eigenvalue weighted by molar-refractivity contribution is 5.94. The van der Waals surface area contributed by atoms with Gasteiger partial charge in [-0.1, -0.05) is 118 Å². The van der Waals surface area contributed by atoms with Crippen LogP contribution in [0.3, 0.4) is 0 Å². The Morgan fingerprint density at radius 2 is 0.978 bits per heavy atom. The van der Waals surface area contributed by atoms with Crippen molar-refractivity contribution in [2.45, 2.75) is 192 Å². The average Bonchev–Trinajstić information content (AvgIpc) is 1.66. The molecule has 0 radical (unpaired) electrons. The highest BCUT2D eigenvalue weighted by Gasteiger charge is 2.30. The number of methoxy groups -OCH3 is 1. The third-order valence-electron chi connectivity index (χ3n) is 15.5. The van der Waals surface area contributed by atoms with Gasteiger partial charge in [-0.25, -0.2) is 0 Å². The van der Waals surface area contributed by atoms with Gasteiger partial charge >= 0.3 is 0 Å². The van der Waals surface area contributed by atoms with Crippen LogP contribution in [-0.2, 0) is 25.7 Å². The first kappa shape index (κ1) is 75.3. The molecule has 1 aliphatic heterocycles. The minimum absolute atomic E-state index is 0.206. The fourth-order valence-corrected chi connectivity index (χ4v) is 11.2. The van der Waals surface area contributed by atoms with Crippen LogP contribution in [0.25, 0.3) is 21.5 Å². The van der Waals surface area contributed by atoms with E-state index in [2.05, 4.69) is 237 Å². The Hall–Kier alpha value is -7.40. The number of nitrogens with zero attached hydrogens (tertiary/aromatic N) is 3. The lowest BCUT2D eigenvalue weighted by atomic mass is 9.90. The zero-order valence-electron chi connectivity index (χ0n) is 60.2. The Bertz CT molecular complexity index is 3260. The molecule has 2 aliphatic carbocycles. The van der Waals surface area contributed by atoms with E-state index in [0.717, 1.165) is 41.2 Å². The number of benzene rings is 8. The second kappa shape index (κ2) is 38.6. The molecule has 2 N–H and O–H groups in total. The van der Waals surface area contributed by atoms with Crippen molar-refractivity contribution < 1.29 is 23.7 Å². The number of rotatable bonds is 16. The first-order valence-corrected chi connectivity index (χ1v) is 34.1. The van der Waals surface area contributed by atoms with Gasteiger partial charge in [-0.2, -0.15) is 0 Å². The number of anilines is 3. The maximum Gasteiger partial charge on any atom is 0.127 e. The van der Waals surface area contributed by atoms with Gasteiger partial charge < -0.3 is 44.1 Å². The minimum Gasteiger partial charge on any atom is -0.497 e. The molecule has 10 heteroatoms. The molecule has 3 aliphatic rings. The van der Waals surface area contributed by atoms with E-state index in [1.54, 1.807) is 7.11 Å². The Morgan fingerprint density at radius 3 is 1.55 bits per heavy atom. The molecular weight excluding hydrogens is 1130 g/mol. The van der Waals surface area contributed by atoms with Crippen LogP contribution >= 0.6 is 0 Å². The second-order valence-corrected chi connectivity index (χ2v) is 27.1. The summed E-state index contributed by atoms with van der Waals surface area (Å²) >= 11 is 0. The topological polar surface area (TPSA) is 79.9 Å². The number of ether oxygens (including phenoxy) is 5. The van der Waals surface area contributed by atoms with Gasteiger partial charge in [0.05, 0.1) is 31.5 Å². The summed E-state index contributed by atoms with van der Waals surface area (Å²) in [4.78, 5) is 7.16. The van der Waals surface area contributed by atoms with Gasteiger partial charge in [-0.3, -0.25) is 4.90 Å². The smallest absolute Gasteiger partial charge is 0.127 e. The van der Waals surface area contributed by atoms with E-state index >= 15 is 0 Å². The zero-order chi connectivity index (χ0) is 67.3. The molecule has 1 saturated heterocycles. The highest BCUT2D eigenvalue weighted by Crippen LogP contribution is 2.41. The molecule has 0 unspecified atom stereocenters. The molecule has 0 atom stereocenters. The van der Waals surface area contributed by atoms with Crippen LogP contribution < -0.4 is 39.2 Å². The monoisotopic (exact) mass is 1250 g/mol. The van der Waals surface area contributed by atoms with Crippen LogP contribution in [0, 0.1) is 5.41 Å². The summed E-state index contributed by atoms with van der Waals surface area (Å²) in [6.07, 6.45) is 7.07. The molecule has 8 aromatic rings. The summed E-state index contributed by atoms with van der Waals surface area (Å²) in [7, 11) is 5.74. The van der Waals surface area contributed by atoms with E-state index in [-0.39, 0.29) is 24.4 Å². The van der Waals surface area contributed by atoms with Crippen LogP contribution in [0.15, 0.2) is 170 Å². The van der Waals surface area contributed by atoms with Crippen molar-refractivity contribution in [2.24, 2.45) is 5.41 Å². The van der Waals surface area contributed by atoms with Crippen molar-refractivity contribution in [3.63, 3.8) is 0 Å². The lowest BCUT2D eigenvalue weighted by molar-refractivity contribution is 0.112. The predicted molar refractivity (Wildman–Crippen MR) is 397 cm³/mol. The van der Waals surface area contributed by atoms with Gasteiger partial charge in [0.15, 0.2) is 0 Å². The molecule has 0 spiro atoms. The minimum atomic E-state index is 0.206. The molecule has 0 bridgehead atoms. The Labute approximate surface area is 557 Å². The molecule has 11 rings (SSSR count). The summed E-state index contributed by atoms with van der Waals surface area (Å²) in [5.41, 5.74) is 9.93. The van der Waals surface area contributed by atoms with Crippen LogP contribution in [0.1, 0.15) is 146 Å². The van der Waals surface area contributed by atoms with Crippen LogP contribution in [0.2, 0.25) is 0 Å². The molecule has 1 heterocycles. The van der Waals surface area contributed by atoms with E-state index in [9.17, 15) is 0 Å². The van der Waals surface area contributed by atoms with E-state index in [1.807, 2.05) is 90.3 Å². The summed E-state index contributed by atoms with van der Waals surface area (Å²) in [5, 5.41) is 11.8.